The van der Waals surface area contributed by atoms with Gasteiger partial charge in [-0.1, -0.05) is 23.4 Å². The lowest BCUT2D eigenvalue weighted by molar-refractivity contribution is -0.118. The third-order valence-electron chi connectivity index (χ3n) is 7.25. The van der Waals surface area contributed by atoms with Crippen molar-refractivity contribution in [3.8, 4) is 0 Å². The molecule has 2 saturated heterocycles. The summed E-state index contributed by atoms with van der Waals surface area (Å²) in [6, 6.07) is 3.62. The predicted octanol–water partition coefficient (Wildman–Crippen LogP) is 2.20. The first-order chi connectivity index (χ1) is 17.3. The normalized spacial score (nSPS) is 21.4. The highest BCUT2D eigenvalue weighted by Gasteiger charge is 2.47. The number of halogens is 1. The predicted molar refractivity (Wildman–Crippen MR) is 138 cm³/mol. The fourth-order valence-electron chi connectivity index (χ4n) is 4.95. The van der Waals surface area contributed by atoms with Gasteiger partial charge in [-0.2, -0.15) is 0 Å². The average molecular weight is 530 g/mol. The number of ether oxygens (including phenoxy) is 1. The molecule has 0 radical (unpaired) electrons. The Morgan fingerprint density at radius 3 is 2.67 bits per heavy atom. The van der Waals surface area contributed by atoms with E-state index in [1.807, 2.05) is 13.0 Å². The molecule has 4 heterocycles. The van der Waals surface area contributed by atoms with Gasteiger partial charge in [-0.25, -0.2) is 15.0 Å². The molecule has 0 aliphatic carbocycles. The number of primary amides is 1. The van der Waals surface area contributed by atoms with Crippen LogP contribution in [0.2, 0.25) is 5.02 Å². The summed E-state index contributed by atoms with van der Waals surface area (Å²) < 4.78 is 7.16. The van der Waals surface area contributed by atoms with Crippen molar-refractivity contribution in [2.45, 2.75) is 54.8 Å². The minimum Gasteiger partial charge on any atom is -0.376 e. The number of rotatable bonds is 6. The smallest absolute Gasteiger partial charge is 0.262 e. The fourth-order valence-corrected chi connectivity index (χ4v) is 6.07. The van der Waals surface area contributed by atoms with Gasteiger partial charge in [-0.15, -0.1) is 0 Å². The van der Waals surface area contributed by atoms with Gasteiger partial charge in [0.1, 0.15) is 10.8 Å². The van der Waals surface area contributed by atoms with E-state index in [0.717, 1.165) is 38.4 Å². The van der Waals surface area contributed by atoms with E-state index in [1.54, 1.807) is 18.5 Å². The van der Waals surface area contributed by atoms with Crippen LogP contribution in [0.5, 0.6) is 0 Å². The molecule has 5 rings (SSSR count). The van der Waals surface area contributed by atoms with E-state index >= 15 is 0 Å². The fraction of sp³-hybridized carbons (Fsp3) is 0.458. The van der Waals surface area contributed by atoms with Crippen molar-refractivity contribution in [1.29, 1.82) is 0 Å². The summed E-state index contributed by atoms with van der Waals surface area (Å²) in [4.78, 5) is 40.5. The number of anilines is 1. The van der Waals surface area contributed by atoms with E-state index in [9.17, 15) is 9.59 Å². The molecule has 12 heteroatoms. The van der Waals surface area contributed by atoms with Gasteiger partial charge >= 0.3 is 0 Å². The van der Waals surface area contributed by atoms with E-state index in [0.29, 0.717) is 25.8 Å². The number of hydrogen-bond donors (Lipinski definition) is 2. The van der Waals surface area contributed by atoms with E-state index in [4.69, 9.17) is 27.8 Å². The van der Waals surface area contributed by atoms with Crippen LogP contribution in [0, 0.1) is 5.41 Å². The number of fused-ring (bicyclic) bond motifs is 1. The number of aromatic nitrogens is 4. The second kappa shape index (κ2) is 9.97. The summed E-state index contributed by atoms with van der Waals surface area (Å²) in [6.07, 6.45) is 6.95. The molecule has 0 bridgehead atoms. The Hall–Kier alpha value is -2.73. The van der Waals surface area contributed by atoms with Crippen LogP contribution in [0.15, 0.2) is 45.6 Å². The first-order valence-electron chi connectivity index (χ1n) is 11.9. The minimum absolute atomic E-state index is 0.0405. The molecule has 0 unspecified atom stereocenters. The lowest BCUT2D eigenvalue weighted by atomic mass is 9.73. The molecule has 4 N–H and O–H groups in total. The number of piperidine rings is 1. The van der Waals surface area contributed by atoms with Crippen LogP contribution in [0.25, 0.3) is 10.9 Å². The van der Waals surface area contributed by atoms with Crippen LogP contribution in [-0.4, -0.2) is 57.3 Å². The lowest BCUT2D eigenvalue weighted by Crippen LogP contribution is -2.50. The summed E-state index contributed by atoms with van der Waals surface area (Å²) in [5, 5.41) is 1.25. The zero-order valence-electron chi connectivity index (χ0n) is 19.9. The second-order valence-corrected chi connectivity index (χ2v) is 10.9. The largest absolute Gasteiger partial charge is 0.376 e. The standard InChI is InChI=1S/C24H28ClN7O3S/c1-14-22(27)24(12-35-14)5-8-31(9-6-24)18-10-29-19(11-28-18)36-16-3-2-15-20(21(16)25)23(34)32(13-30-15)7-4-17(26)33/h2-3,10-11,13-14,22H,4-9,12,27H2,1H3,(H2,26,33)/t14-,22+/m0/s1. The van der Waals surface area contributed by atoms with Crippen molar-refractivity contribution in [2.75, 3.05) is 24.6 Å². The first kappa shape index (κ1) is 24.9. The molecule has 2 fully saturated rings. The zero-order valence-corrected chi connectivity index (χ0v) is 21.5. The van der Waals surface area contributed by atoms with Crippen LogP contribution in [0.3, 0.4) is 0 Å². The first-order valence-corrected chi connectivity index (χ1v) is 13.0. The highest BCUT2D eigenvalue weighted by Crippen LogP contribution is 2.42. The number of amides is 1. The Kier molecular flexibility index (Phi) is 6.90. The van der Waals surface area contributed by atoms with E-state index in [1.165, 1.54) is 22.7 Å². The molecule has 1 amide bonds. The summed E-state index contributed by atoms with van der Waals surface area (Å²) >= 11 is 7.95. The molecule has 2 aliphatic rings. The molecule has 3 aromatic rings. The topological polar surface area (TPSA) is 142 Å². The van der Waals surface area contributed by atoms with Gasteiger partial charge in [0.25, 0.3) is 5.56 Å². The zero-order chi connectivity index (χ0) is 25.4. The molecular weight excluding hydrogens is 502 g/mol. The summed E-state index contributed by atoms with van der Waals surface area (Å²) in [5.41, 5.74) is 11.9. The maximum absolute atomic E-state index is 12.9. The highest BCUT2D eigenvalue weighted by molar-refractivity contribution is 7.99. The Bertz CT molecular complexity index is 1340. The summed E-state index contributed by atoms with van der Waals surface area (Å²) in [6.45, 7) is 4.63. The summed E-state index contributed by atoms with van der Waals surface area (Å²) in [5.74, 6) is 0.329. The Morgan fingerprint density at radius 1 is 1.25 bits per heavy atom. The molecular formula is C24H28ClN7O3S. The van der Waals surface area contributed by atoms with Gasteiger partial charge < -0.3 is 21.1 Å². The number of hydrogen-bond acceptors (Lipinski definition) is 9. The monoisotopic (exact) mass is 529 g/mol. The number of carbonyl (C=O) groups excluding carboxylic acids is 1. The molecule has 2 aromatic heterocycles. The van der Waals surface area contributed by atoms with E-state index < -0.39 is 5.91 Å². The van der Waals surface area contributed by atoms with Crippen molar-refractivity contribution in [2.24, 2.45) is 16.9 Å². The van der Waals surface area contributed by atoms with Crippen LogP contribution in [0.4, 0.5) is 5.82 Å². The van der Waals surface area contributed by atoms with Gasteiger partial charge in [0, 0.05) is 42.4 Å². The second-order valence-electron chi connectivity index (χ2n) is 9.44. The molecule has 2 atom stereocenters. The molecule has 0 saturated carbocycles. The quantitative estimate of drug-likeness (QED) is 0.491. The lowest BCUT2D eigenvalue weighted by Gasteiger charge is -2.41. The molecule has 36 heavy (non-hydrogen) atoms. The number of benzene rings is 1. The van der Waals surface area contributed by atoms with Gasteiger partial charge in [-0.3, -0.25) is 14.2 Å². The van der Waals surface area contributed by atoms with Crippen molar-refractivity contribution < 1.29 is 9.53 Å². The molecule has 2 aliphatic heterocycles. The maximum atomic E-state index is 12.9. The Labute approximate surface area is 217 Å². The Morgan fingerprint density at radius 2 is 2.03 bits per heavy atom. The molecule has 1 spiro atoms. The van der Waals surface area contributed by atoms with Gasteiger partial charge in [-0.05, 0) is 31.9 Å². The number of nitrogens with two attached hydrogens (primary N) is 2. The van der Waals surface area contributed by atoms with Crippen LogP contribution in [-0.2, 0) is 16.1 Å². The molecule has 190 valence electrons. The number of aryl methyl sites for hydroxylation is 1. The van der Waals surface area contributed by atoms with Crippen molar-refractivity contribution >= 4 is 46.0 Å². The van der Waals surface area contributed by atoms with Crippen molar-refractivity contribution in [1.82, 2.24) is 19.5 Å². The molecule has 10 nitrogen and oxygen atoms in total. The van der Waals surface area contributed by atoms with Crippen molar-refractivity contribution in [3.63, 3.8) is 0 Å². The third-order valence-corrected chi connectivity index (χ3v) is 8.74. The SMILES string of the molecule is C[C@@H]1OCC2(CCN(c3cnc(Sc4ccc5ncn(CCC(N)=O)c(=O)c5c4Cl)cn3)CC2)[C@@H]1N. The van der Waals surface area contributed by atoms with Gasteiger partial charge in [0.2, 0.25) is 5.91 Å². The van der Waals surface area contributed by atoms with Gasteiger partial charge in [0.15, 0.2) is 0 Å². The van der Waals surface area contributed by atoms with E-state index in [2.05, 4.69) is 19.9 Å². The van der Waals surface area contributed by atoms with Crippen LogP contribution in [0.1, 0.15) is 26.2 Å². The minimum atomic E-state index is -0.491. The highest BCUT2D eigenvalue weighted by atomic mass is 35.5. The van der Waals surface area contributed by atoms with Gasteiger partial charge in [0.05, 0.1) is 47.4 Å². The van der Waals surface area contributed by atoms with Crippen molar-refractivity contribution in [3.05, 3.63) is 46.2 Å². The third kappa shape index (κ3) is 4.68. The summed E-state index contributed by atoms with van der Waals surface area (Å²) in [7, 11) is 0. The van der Waals surface area contributed by atoms with Crippen LogP contribution < -0.4 is 21.9 Å². The van der Waals surface area contributed by atoms with Crippen LogP contribution >= 0.6 is 23.4 Å². The number of nitrogens with zero attached hydrogens (tertiary/aromatic N) is 5. The molecule has 1 aromatic carbocycles. The Balaban J connectivity index is 1.30. The number of carbonyl (C=O) groups is 1. The van der Waals surface area contributed by atoms with E-state index in [-0.39, 0.29) is 36.1 Å². The maximum Gasteiger partial charge on any atom is 0.262 e. The average Bonchev–Trinajstić information content (AvgIpc) is 3.14.